The molecule has 0 aromatic heterocycles. The first-order valence-electron chi connectivity index (χ1n) is 2.96. The molecule has 0 bridgehead atoms. The number of hydrogen-bond acceptors (Lipinski definition) is 2. The van der Waals surface area contributed by atoms with Crippen molar-refractivity contribution in [3.8, 4) is 0 Å². The Hall–Kier alpha value is 0.360. The van der Waals surface area contributed by atoms with Gasteiger partial charge in [0.15, 0.2) is 0 Å². The monoisotopic (exact) mass is 242 g/mol. The molecule has 56 valence electrons. The molecule has 0 aromatic carbocycles. The van der Waals surface area contributed by atoms with E-state index < -0.39 is 0 Å². The second-order valence-electron chi connectivity index (χ2n) is 1.87. The number of carbonyl (C=O) groups is 1. The molecule has 0 spiro atoms. The van der Waals surface area contributed by atoms with Crippen LogP contribution >= 0.6 is 0 Å². The summed E-state index contributed by atoms with van der Waals surface area (Å²) >= 11 is 0.0564. The number of halogens is 1. The van der Waals surface area contributed by atoms with Crippen molar-refractivity contribution >= 4 is 5.78 Å². The molecule has 0 amide bonds. The molecule has 0 rings (SSSR count). The zero-order chi connectivity index (χ0) is 7.28. The molecule has 0 saturated heterocycles. The summed E-state index contributed by atoms with van der Waals surface area (Å²) in [5.74, 6) is 0.263. The molecule has 0 aliphatic heterocycles. The average molecular weight is 242 g/mol. The van der Waals surface area contributed by atoms with Crippen LogP contribution in [0.2, 0.25) is 0 Å². The van der Waals surface area contributed by atoms with Gasteiger partial charge in [0.05, 0.1) is 0 Å². The van der Waals surface area contributed by atoms with Crippen LogP contribution in [0.5, 0.6) is 0 Å². The molecule has 9 heavy (non-hydrogen) atoms. The Kier molecular flexibility index (Phi) is 5.38. The van der Waals surface area contributed by atoms with Gasteiger partial charge in [0.25, 0.3) is 0 Å². The van der Waals surface area contributed by atoms with Crippen molar-refractivity contribution in [3.63, 3.8) is 0 Å². The quantitative estimate of drug-likeness (QED) is 0.337. The van der Waals surface area contributed by atoms with Gasteiger partial charge in [0.1, 0.15) is 0 Å². The van der Waals surface area contributed by atoms with Gasteiger partial charge in [-0.3, -0.25) is 0 Å². The van der Waals surface area contributed by atoms with Gasteiger partial charge in [-0.05, 0) is 0 Å². The van der Waals surface area contributed by atoms with Crippen molar-refractivity contribution in [2.45, 2.75) is 26.3 Å². The summed E-state index contributed by atoms with van der Waals surface area (Å²) in [6.45, 7) is 3.67. The number of Topliss-reactive ketones (excluding diaryl/α,β-unsaturated/α-hetero) is 1. The first kappa shape index (κ1) is 9.36. The van der Waals surface area contributed by atoms with E-state index in [9.17, 15) is 4.79 Å². The predicted molar refractivity (Wildman–Crippen MR) is 33.8 cm³/mol. The number of carbonyl (C=O) groups excluding carboxylic acids is 1. The molecular formula is C6H13INO-. The van der Waals surface area contributed by atoms with E-state index in [1.165, 1.54) is 0 Å². The van der Waals surface area contributed by atoms with Crippen molar-refractivity contribution in [1.82, 2.24) is 3.53 Å². The minimum atomic E-state index is 0.0564. The second kappa shape index (κ2) is 5.17. The Bertz CT molecular complexity index is 95.1. The van der Waals surface area contributed by atoms with Gasteiger partial charge >= 0.3 is 66.8 Å². The summed E-state index contributed by atoms with van der Waals surface area (Å²) in [6.07, 6.45) is 0.920. The third-order valence-corrected chi connectivity index (χ3v) is 2.51. The number of ketones is 1. The number of rotatable bonds is 4. The Morgan fingerprint density at radius 1 is 1.78 bits per heavy atom. The van der Waals surface area contributed by atoms with Gasteiger partial charge in [0.2, 0.25) is 0 Å². The standard InChI is InChI=1S/C6H13INO/c1-4-6(5(2)9)8-7-3/h6,8H,4H2,1-3H3/q-1. The average Bonchev–Trinajstić information content (AvgIpc) is 1.82. The minimum absolute atomic E-state index is 0.0564. The van der Waals surface area contributed by atoms with Crippen LogP contribution in [-0.2, 0) is 4.79 Å². The van der Waals surface area contributed by atoms with Gasteiger partial charge in [-0.15, -0.1) is 0 Å². The maximum atomic E-state index is 10.7. The van der Waals surface area contributed by atoms with E-state index in [0.717, 1.165) is 6.42 Å². The first-order valence-corrected chi connectivity index (χ1v) is 6.20. The van der Waals surface area contributed by atoms with Gasteiger partial charge in [-0.1, -0.05) is 0 Å². The molecule has 1 unspecified atom stereocenters. The van der Waals surface area contributed by atoms with E-state index in [4.69, 9.17) is 0 Å². The summed E-state index contributed by atoms with van der Waals surface area (Å²) in [5, 5.41) is 0. The predicted octanol–water partition coefficient (Wildman–Crippen LogP) is -2.42. The van der Waals surface area contributed by atoms with Crippen LogP contribution in [-0.4, -0.2) is 16.8 Å². The molecule has 0 saturated carbocycles. The fourth-order valence-electron chi connectivity index (χ4n) is 0.573. The molecule has 0 aliphatic carbocycles. The SMILES string of the molecule is CCC(N[I-]C)C(C)=O. The summed E-state index contributed by atoms with van der Waals surface area (Å²) in [4.78, 5) is 12.8. The molecule has 1 atom stereocenters. The number of hydrogen-bond donors (Lipinski definition) is 1. The van der Waals surface area contributed by atoms with Crippen molar-refractivity contribution in [1.29, 1.82) is 0 Å². The van der Waals surface area contributed by atoms with Crippen LogP contribution in [0.1, 0.15) is 20.3 Å². The maximum absolute atomic E-state index is 10.7. The van der Waals surface area contributed by atoms with Gasteiger partial charge in [0, 0.05) is 0 Å². The molecule has 0 aromatic rings. The van der Waals surface area contributed by atoms with Gasteiger partial charge in [-0.2, -0.15) is 0 Å². The molecule has 1 N–H and O–H groups in total. The molecule has 0 fully saturated rings. The van der Waals surface area contributed by atoms with Crippen molar-refractivity contribution in [3.05, 3.63) is 0 Å². The Morgan fingerprint density at radius 2 is 2.33 bits per heavy atom. The zero-order valence-electron chi connectivity index (χ0n) is 6.07. The topological polar surface area (TPSA) is 29.1 Å². The second-order valence-corrected chi connectivity index (χ2v) is 3.57. The Morgan fingerprint density at radius 3 is 2.44 bits per heavy atom. The summed E-state index contributed by atoms with van der Waals surface area (Å²) in [7, 11) is 0. The van der Waals surface area contributed by atoms with Crippen LogP contribution in [0.25, 0.3) is 0 Å². The number of alkyl halides is 1. The zero-order valence-corrected chi connectivity index (χ0v) is 8.23. The van der Waals surface area contributed by atoms with Crippen LogP contribution in [0, 0.1) is 0 Å². The number of nitrogens with one attached hydrogen (secondary N) is 1. The van der Waals surface area contributed by atoms with E-state index in [1.54, 1.807) is 6.92 Å². The Labute approximate surface area is 67.0 Å². The summed E-state index contributed by atoms with van der Waals surface area (Å²) in [6, 6.07) is 0.128. The third kappa shape index (κ3) is 3.86. The van der Waals surface area contributed by atoms with Gasteiger partial charge < -0.3 is 0 Å². The summed E-state index contributed by atoms with van der Waals surface area (Å²) in [5.41, 5.74) is 0. The first-order chi connectivity index (χ1) is 4.22. The van der Waals surface area contributed by atoms with Gasteiger partial charge in [-0.25, -0.2) is 0 Å². The van der Waals surface area contributed by atoms with E-state index in [0.29, 0.717) is 0 Å². The summed E-state index contributed by atoms with van der Waals surface area (Å²) < 4.78 is 3.19. The molecule has 0 aliphatic rings. The fraction of sp³-hybridized carbons (Fsp3) is 0.833. The van der Waals surface area contributed by atoms with E-state index in [2.05, 4.69) is 8.46 Å². The van der Waals surface area contributed by atoms with E-state index in [1.807, 2.05) is 6.92 Å². The molecule has 0 radical (unpaired) electrons. The fourth-order valence-corrected chi connectivity index (χ4v) is 2.20. The van der Waals surface area contributed by atoms with Crippen molar-refractivity contribution in [2.75, 3.05) is 4.93 Å². The normalized spacial score (nSPS) is 13.7. The van der Waals surface area contributed by atoms with E-state index >= 15 is 0 Å². The molecule has 0 heterocycles. The van der Waals surface area contributed by atoms with E-state index in [-0.39, 0.29) is 33.3 Å². The molecule has 3 heteroatoms. The van der Waals surface area contributed by atoms with Crippen molar-refractivity contribution in [2.24, 2.45) is 0 Å². The van der Waals surface area contributed by atoms with Crippen LogP contribution < -0.4 is 25.0 Å². The van der Waals surface area contributed by atoms with Crippen LogP contribution in [0.4, 0.5) is 0 Å². The van der Waals surface area contributed by atoms with Crippen molar-refractivity contribution < 1.29 is 26.3 Å². The third-order valence-electron chi connectivity index (χ3n) is 1.14. The van der Waals surface area contributed by atoms with Crippen LogP contribution in [0.15, 0.2) is 0 Å². The Balaban J connectivity index is 3.54. The molecule has 2 nitrogen and oxygen atoms in total. The van der Waals surface area contributed by atoms with Crippen LogP contribution in [0.3, 0.4) is 0 Å². The molecular weight excluding hydrogens is 229 g/mol.